The summed E-state index contributed by atoms with van der Waals surface area (Å²) in [6, 6.07) is 8.77. The SMILES string of the molecule is CCc1ccc(C(C)C(C)(C)N)cc1. The van der Waals surface area contributed by atoms with Crippen molar-refractivity contribution in [3.63, 3.8) is 0 Å². The molecular formula is C13H21N. The first-order valence-electron chi connectivity index (χ1n) is 5.33. The number of benzene rings is 1. The fraction of sp³-hybridized carbons (Fsp3) is 0.538. The minimum absolute atomic E-state index is 0.145. The third kappa shape index (κ3) is 2.58. The van der Waals surface area contributed by atoms with Crippen molar-refractivity contribution < 1.29 is 0 Å². The Morgan fingerprint density at radius 2 is 1.71 bits per heavy atom. The molecule has 2 N–H and O–H groups in total. The van der Waals surface area contributed by atoms with Crippen LogP contribution in [0.5, 0.6) is 0 Å². The predicted octanol–water partition coefficient (Wildman–Crippen LogP) is 3.09. The Labute approximate surface area is 87.3 Å². The second-order valence-corrected chi connectivity index (χ2v) is 4.64. The molecule has 0 aliphatic heterocycles. The molecule has 14 heavy (non-hydrogen) atoms. The van der Waals surface area contributed by atoms with Gasteiger partial charge in [0.1, 0.15) is 0 Å². The van der Waals surface area contributed by atoms with Crippen LogP contribution in [0.2, 0.25) is 0 Å². The topological polar surface area (TPSA) is 26.0 Å². The van der Waals surface area contributed by atoms with Crippen LogP contribution < -0.4 is 5.73 Å². The highest BCUT2D eigenvalue weighted by atomic mass is 14.7. The fourth-order valence-electron chi connectivity index (χ4n) is 1.47. The van der Waals surface area contributed by atoms with Crippen molar-refractivity contribution in [2.45, 2.75) is 45.6 Å². The number of nitrogens with two attached hydrogens (primary N) is 1. The van der Waals surface area contributed by atoms with Gasteiger partial charge in [0.15, 0.2) is 0 Å². The third-order valence-electron chi connectivity index (χ3n) is 3.00. The lowest BCUT2D eigenvalue weighted by molar-refractivity contribution is 0.435. The molecule has 0 aliphatic rings. The van der Waals surface area contributed by atoms with E-state index >= 15 is 0 Å². The molecule has 1 aromatic carbocycles. The van der Waals surface area contributed by atoms with Crippen molar-refractivity contribution in [2.24, 2.45) is 5.73 Å². The lowest BCUT2D eigenvalue weighted by atomic mass is 9.84. The average molecular weight is 191 g/mol. The molecule has 0 aromatic heterocycles. The molecule has 1 nitrogen and oxygen atoms in total. The monoisotopic (exact) mass is 191 g/mol. The van der Waals surface area contributed by atoms with Gasteiger partial charge in [0.2, 0.25) is 0 Å². The lowest BCUT2D eigenvalue weighted by Crippen LogP contribution is -2.37. The second-order valence-electron chi connectivity index (χ2n) is 4.64. The van der Waals surface area contributed by atoms with Gasteiger partial charge in [-0.05, 0) is 37.3 Å². The van der Waals surface area contributed by atoms with Crippen molar-refractivity contribution in [1.29, 1.82) is 0 Å². The van der Waals surface area contributed by atoms with Crippen LogP contribution in [0.1, 0.15) is 44.7 Å². The van der Waals surface area contributed by atoms with E-state index < -0.39 is 0 Å². The van der Waals surface area contributed by atoms with E-state index in [1.165, 1.54) is 11.1 Å². The van der Waals surface area contributed by atoms with Crippen molar-refractivity contribution in [2.75, 3.05) is 0 Å². The smallest absolute Gasteiger partial charge is 0.0163 e. The van der Waals surface area contributed by atoms with Gasteiger partial charge < -0.3 is 5.73 Å². The summed E-state index contributed by atoms with van der Waals surface area (Å²) in [6.45, 7) is 8.50. The molecule has 0 bridgehead atoms. The van der Waals surface area contributed by atoms with Crippen molar-refractivity contribution in [3.8, 4) is 0 Å². The molecule has 1 unspecified atom stereocenters. The maximum atomic E-state index is 6.08. The molecule has 0 heterocycles. The van der Waals surface area contributed by atoms with E-state index in [4.69, 9.17) is 5.73 Å². The number of hydrogen-bond donors (Lipinski definition) is 1. The zero-order valence-corrected chi connectivity index (χ0v) is 9.67. The van der Waals surface area contributed by atoms with Crippen LogP contribution in [-0.4, -0.2) is 5.54 Å². The van der Waals surface area contributed by atoms with Crippen LogP contribution in [0.3, 0.4) is 0 Å². The largest absolute Gasteiger partial charge is 0.325 e. The molecule has 0 saturated carbocycles. The highest BCUT2D eigenvalue weighted by Gasteiger charge is 2.21. The Kier molecular flexibility index (Phi) is 3.33. The normalized spacial score (nSPS) is 14.1. The van der Waals surface area contributed by atoms with Gasteiger partial charge in [0.25, 0.3) is 0 Å². The van der Waals surface area contributed by atoms with Crippen molar-refractivity contribution in [3.05, 3.63) is 35.4 Å². The molecule has 1 rings (SSSR count). The quantitative estimate of drug-likeness (QED) is 0.780. The minimum atomic E-state index is -0.145. The molecule has 1 atom stereocenters. The van der Waals surface area contributed by atoms with Gasteiger partial charge in [-0.2, -0.15) is 0 Å². The van der Waals surface area contributed by atoms with E-state index in [0.29, 0.717) is 5.92 Å². The van der Waals surface area contributed by atoms with Crippen LogP contribution in [0.15, 0.2) is 24.3 Å². The maximum Gasteiger partial charge on any atom is 0.0163 e. The van der Waals surface area contributed by atoms with Gasteiger partial charge in [-0.3, -0.25) is 0 Å². The number of rotatable bonds is 3. The van der Waals surface area contributed by atoms with Gasteiger partial charge in [-0.1, -0.05) is 38.1 Å². The fourth-order valence-corrected chi connectivity index (χ4v) is 1.47. The predicted molar refractivity (Wildman–Crippen MR) is 62.5 cm³/mol. The standard InChI is InChI=1S/C13H21N/c1-5-11-6-8-12(9-7-11)10(2)13(3,4)14/h6-10H,5,14H2,1-4H3. The summed E-state index contributed by atoms with van der Waals surface area (Å²) in [5.74, 6) is 0.397. The average Bonchev–Trinajstić information content (AvgIpc) is 2.15. The summed E-state index contributed by atoms with van der Waals surface area (Å²) < 4.78 is 0. The Morgan fingerprint density at radius 3 is 2.07 bits per heavy atom. The van der Waals surface area contributed by atoms with E-state index in [-0.39, 0.29) is 5.54 Å². The minimum Gasteiger partial charge on any atom is -0.325 e. The highest BCUT2D eigenvalue weighted by Crippen LogP contribution is 2.25. The Hall–Kier alpha value is -0.820. The van der Waals surface area contributed by atoms with Crippen LogP contribution in [-0.2, 0) is 6.42 Å². The van der Waals surface area contributed by atoms with E-state index in [1.54, 1.807) is 0 Å². The summed E-state index contributed by atoms with van der Waals surface area (Å²) in [5, 5.41) is 0. The van der Waals surface area contributed by atoms with Gasteiger partial charge >= 0.3 is 0 Å². The zero-order chi connectivity index (χ0) is 10.8. The molecule has 1 aromatic rings. The van der Waals surface area contributed by atoms with E-state index in [0.717, 1.165) is 6.42 Å². The van der Waals surface area contributed by atoms with Gasteiger partial charge in [0, 0.05) is 5.54 Å². The first-order valence-corrected chi connectivity index (χ1v) is 5.33. The molecule has 0 aliphatic carbocycles. The first-order chi connectivity index (χ1) is 6.45. The Bertz CT molecular complexity index is 279. The van der Waals surface area contributed by atoms with E-state index in [9.17, 15) is 0 Å². The number of aryl methyl sites for hydroxylation is 1. The first kappa shape index (κ1) is 11.3. The molecular weight excluding hydrogens is 170 g/mol. The summed E-state index contributed by atoms with van der Waals surface area (Å²) in [5.41, 5.74) is 8.65. The van der Waals surface area contributed by atoms with Gasteiger partial charge in [-0.25, -0.2) is 0 Å². The van der Waals surface area contributed by atoms with Crippen LogP contribution in [0, 0.1) is 0 Å². The van der Waals surface area contributed by atoms with Crippen molar-refractivity contribution >= 4 is 0 Å². The van der Waals surface area contributed by atoms with Crippen LogP contribution in [0.25, 0.3) is 0 Å². The molecule has 0 saturated heterocycles. The summed E-state index contributed by atoms with van der Waals surface area (Å²) in [4.78, 5) is 0. The summed E-state index contributed by atoms with van der Waals surface area (Å²) in [6.07, 6.45) is 1.10. The Balaban J connectivity index is 2.87. The van der Waals surface area contributed by atoms with E-state index in [1.807, 2.05) is 0 Å². The zero-order valence-electron chi connectivity index (χ0n) is 9.67. The third-order valence-corrected chi connectivity index (χ3v) is 3.00. The Morgan fingerprint density at radius 1 is 1.21 bits per heavy atom. The van der Waals surface area contributed by atoms with Crippen molar-refractivity contribution in [1.82, 2.24) is 0 Å². The maximum absolute atomic E-state index is 6.08. The van der Waals surface area contributed by atoms with Crippen LogP contribution >= 0.6 is 0 Å². The summed E-state index contributed by atoms with van der Waals surface area (Å²) >= 11 is 0. The second kappa shape index (κ2) is 4.14. The highest BCUT2D eigenvalue weighted by molar-refractivity contribution is 5.27. The molecule has 0 amide bonds. The van der Waals surface area contributed by atoms with Crippen LogP contribution in [0.4, 0.5) is 0 Å². The molecule has 0 spiro atoms. The molecule has 1 heteroatoms. The lowest BCUT2D eigenvalue weighted by Gasteiger charge is -2.27. The molecule has 0 fully saturated rings. The van der Waals surface area contributed by atoms with E-state index in [2.05, 4.69) is 52.0 Å². The number of hydrogen-bond acceptors (Lipinski definition) is 1. The van der Waals surface area contributed by atoms with Gasteiger partial charge in [-0.15, -0.1) is 0 Å². The summed E-state index contributed by atoms with van der Waals surface area (Å²) in [7, 11) is 0. The van der Waals surface area contributed by atoms with Gasteiger partial charge in [0.05, 0.1) is 0 Å². The molecule has 0 radical (unpaired) electrons. The molecule has 78 valence electrons.